The molecule has 0 atom stereocenters. The Balaban J connectivity index is 2.00. The molecule has 4 nitrogen and oxygen atoms in total. The van der Waals surface area contributed by atoms with E-state index in [1.165, 1.54) is 0 Å². The molecular formula is C22H15Cl2N3O. The van der Waals surface area contributed by atoms with Gasteiger partial charge in [0.25, 0.3) is 5.56 Å². The normalized spacial score (nSPS) is 11.8. The first kappa shape index (κ1) is 18.4. The predicted molar refractivity (Wildman–Crippen MR) is 115 cm³/mol. The topological polar surface area (TPSA) is 47.8 Å². The van der Waals surface area contributed by atoms with Gasteiger partial charge in [-0.3, -0.25) is 14.3 Å². The van der Waals surface area contributed by atoms with Gasteiger partial charge in [-0.25, -0.2) is 4.98 Å². The van der Waals surface area contributed by atoms with Crippen molar-refractivity contribution in [2.45, 2.75) is 6.92 Å². The van der Waals surface area contributed by atoms with Crippen molar-refractivity contribution in [1.82, 2.24) is 14.5 Å². The molecule has 0 saturated heterocycles. The van der Waals surface area contributed by atoms with Crippen LogP contribution in [0, 0.1) is 0 Å². The maximum absolute atomic E-state index is 13.4. The van der Waals surface area contributed by atoms with Gasteiger partial charge >= 0.3 is 0 Å². The van der Waals surface area contributed by atoms with E-state index >= 15 is 0 Å². The van der Waals surface area contributed by atoms with Gasteiger partial charge in [0.1, 0.15) is 5.65 Å². The van der Waals surface area contributed by atoms with Gasteiger partial charge in [0, 0.05) is 39.6 Å². The zero-order valence-electron chi connectivity index (χ0n) is 14.9. The van der Waals surface area contributed by atoms with Crippen LogP contribution >= 0.6 is 23.2 Å². The van der Waals surface area contributed by atoms with Crippen molar-refractivity contribution in [3.05, 3.63) is 98.6 Å². The minimum atomic E-state index is -0.196. The minimum Gasteiger partial charge on any atom is -0.268 e. The van der Waals surface area contributed by atoms with Crippen LogP contribution in [0.2, 0.25) is 10.0 Å². The lowest BCUT2D eigenvalue weighted by molar-refractivity contribution is 1.01. The highest BCUT2D eigenvalue weighted by Crippen LogP contribution is 2.24. The Morgan fingerprint density at radius 1 is 1.00 bits per heavy atom. The summed E-state index contributed by atoms with van der Waals surface area (Å²) in [4.78, 5) is 21.8. The van der Waals surface area contributed by atoms with Crippen LogP contribution in [0.4, 0.5) is 0 Å². The molecule has 28 heavy (non-hydrogen) atoms. The minimum absolute atomic E-state index is 0.196. The summed E-state index contributed by atoms with van der Waals surface area (Å²) >= 11 is 12.3. The molecule has 138 valence electrons. The molecule has 0 aliphatic heterocycles. The third-order valence-electron chi connectivity index (χ3n) is 4.40. The zero-order valence-corrected chi connectivity index (χ0v) is 16.4. The predicted octanol–water partition coefficient (Wildman–Crippen LogP) is 5.65. The number of benzene rings is 1. The van der Waals surface area contributed by atoms with E-state index < -0.39 is 0 Å². The van der Waals surface area contributed by atoms with Crippen molar-refractivity contribution in [1.29, 1.82) is 0 Å². The summed E-state index contributed by atoms with van der Waals surface area (Å²) in [6.07, 6.45) is 6.97. The second-order valence-corrected chi connectivity index (χ2v) is 7.22. The molecule has 0 aliphatic carbocycles. The number of allylic oxidation sites excluding steroid dienone is 1. The Morgan fingerprint density at radius 2 is 1.71 bits per heavy atom. The van der Waals surface area contributed by atoms with E-state index in [1.807, 2.05) is 43.3 Å². The molecule has 3 heterocycles. The van der Waals surface area contributed by atoms with Crippen molar-refractivity contribution >= 4 is 45.9 Å². The Labute approximate surface area is 171 Å². The SMILES string of the molecule is CC(=Cc1cc2cccnc2n(-c2cc(Cl)cc(Cl)c2)c1=O)c1ccncc1. The second kappa shape index (κ2) is 7.58. The van der Waals surface area contributed by atoms with Crippen molar-refractivity contribution < 1.29 is 0 Å². The van der Waals surface area contributed by atoms with Crippen LogP contribution in [0.3, 0.4) is 0 Å². The molecular weight excluding hydrogens is 393 g/mol. The largest absolute Gasteiger partial charge is 0.268 e. The van der Waals surface area contributed by atoms with Crippen LogP contribution < -0.4 is 5.56 Å². The monoisotopic (exact) mass is 407 g/mol. The van der Waals surface area contributed by atoms with E-state index in [0.717, 1.165) is 16.5 Å². The van der Waals surface area contributed by atoms with Crippen molar-refractivity contribution in [3.8, 4) is 5.69 Å². The quantitative estimate of drug-likeness (QED) is 0.440. The van der Waals surface area contributed by atoms with Gasteiger partial charge in [-0.15, -0.1) is 0 Å². The number of pyridine rings is 3. The Kier molecular flexibility index (Phi) is 4.99. The van der Waals surface area contributed by atoms with Gasteiger partial charge in [-0.1, -0.05) is 23.2 Å². The Hall–Kier alpha value is -2.95. The maximum Gasteiger partial charge on any atom is 0.264 e. The highest BCUT2D eigenvalue weighted by molar-refractivity contribution is 6.34. The number of aromatic nitrogens is 3. The summed E-state index contributed by atoms with van der Waals surface area (Å²) in [5, 5.41) is 1.74. The van der Waals surface area contributed by atoms with E-state index in [0.29, 0.717) is 26.9 Å². The van der Waals surface area contributed by atoms with Crippen LogP contribution in [0.5, 0.6) is 0 Å². The fourth-order valence-electron chi connectivity index (χ4n) is 3.11. The molecule has 0 N–H and O–H groups in total. The lowest BCUT2D eigenvalue weighted by Gasteiger charge is -2.12. The molecule has 0 amide bonds. The molecule has 0 saturated carbocycles. The molecule has 1 aromatic carbocycles. The lowest BCUT2D eigenvalue weighted by Crippen LogP contribution is -2.21. The van der Waals surface area contributed by atoms with E-state index in [1.54, 1.807) is 41.4 Å². The van der Waals surface area contributed by atoms with E-state index in [-0.39, 0.29) is 5.56 Å². The van der Waals surface area contributed by atoms with Gasteiger partial charge in [-0.2, -0.15) is 0 Å². The van der Waals surface area contributed by atoms with Gasteiger partial charge < -0.3 is 0 Å². The summed E-state index contributed by atoms with van der Waals surface area (Å²) < 4.78 is 1.54. The third-order valence-corrected chi connectivity index (χ3v) is 4.84. The van der Waals surface area contributed by atoms with Crippen LogP contribution in [-0.4, -0.2) is 14.5 Å². The first-order chi connectivity index (χ1) is 13.5. The fraction of sp³-hybridized carbons (Fsp3) is 0.0455. The highest BCUT2D eigenvalue weighted by atomic mass is 35.5. The van der Waals surface area contributed by atoms with Crippen LogP contribution in [-0.2, 0) is 0 Å². The number of hydrogen-bond donors (Lipinski definition) is 0. The second-order valence-electron chi connectivity index (χ2n) is 6.35. The summed E-state index contributed by atoms with van der Waals surface area (Å²) in [5.41, 5.74) is 3.42. The summed E-state index contributed by atoms with van der Waals surface area (Å²) in [5.74, 6) is 0. The average Bonchev–Trinajstić information content (AvgIpc) is 2.68. The number of rotatable bonds is 3. The maximum atomic E-state index is 13.4. The molecule has 0 unspecified atom stereocenters. The number of fused-ring (bicyclic) bond motifs is 1. The Bertz CT molecular complexity index is 1240. The van der Waals surface area contributed by atoms with E-state index in [9.17, 15) is 4.79 Å². The zero-order chi connectivity index (χ0) is 19.7. The Morgan fingerprint density at radius 3 is 2.43 bits per heavy atom. The van der Waals surface area contributed by atoms with Crippen molar-refractivity contribution in [3.63, 3.8) is 0 Å². The molecule has 6 heteroatoms. The summed E-state index contributed by atoms with van der Waals surface area (Å²) in [6, 6.07) is 14.4. The first-order valence-corrected chi connectivity index (χ1v) is 9.34. The number of nitrogens with zero attached hydrogens (tertiary/aromatic N) is 3. The van der Waals surface area contributed by atoms with E-state index in [4.69, 9.17) is 23.2 Å². The van der Waals surface area contributed by atoms with Crippen molar-refractivity contribution in [2.24, 2.45) is 0 Å². The van der Waals surface area contributed by atoms with Gasteiger partial charge in [0.2, 0.25) is 0 Å². The van der Waals surface area contributed by atoms with Gasteiger partial charge in [-0.05, 0) is 72.7 Å². The first-order valence-electron chi connectivity index (χ1n) is 8.59. The molecule has 0 fully saturated rings. The summed E-state index contributed by atoms with van der Waals surface area (Å²) in [7, 11) is 0. The third kappa shape index (κ3) is 3.57. The lowest BCUT2D eigenvalue weighted by atomic mass is 10.1. The van der Waals surface area contributed by atoms with Crippen LogP contribution in [0.15, 0.2) is 71.9 Å². The standard InChI is InChI=1S/C22H15Cl2N3O/c1-14(15-4-7-25-8-5-15)9-17-10-16-3-2-6-26-21(16)27(22(17)28)20-12-18(23)11-19(24)13-20/h2-13H,1H3. The van der Waals surface area contributed by atoms with Gasteiger partial charge in [0.15, 0.2) is 0 Å². The molecule has 0 radical (unpaired) electrons. The van der Waals surface area contributed by atoms with Crippen LogP contribution in [0.1, 0.15) is 18.1 Å². The number of hydrogen-bond acceptors (Lipinski definition) is 3. The van der Waals surface area contributed by atoms with Crippen molar-refractivity contribution in [2.75, 3.05) is 0 Å². The molecule has 0 spiro atoms. The molecule has 4 rings (SSSR count). The number of halogens is 2. The van der Waals surface area contributed by atoms with Gasteiger partial charge in [0.05, 0.1) is 5.69 Å². The average molecular weight is 408 g/mol. The highest BCUT2D eigenvalue weighted by Gasteiger charge is 2.12. The fourth-order valence-corrected chi connectivity index (χ4v) is 3.62. The van der Waals surface area contributed by atoms with E-state index in [2.05, 4.69) is 9.97 Å². The molecule has 0 aliphatic rings. The molecule has 3 aromatic heterocycles. The molecule has 0 bridgehead atoms. The van der Waals surface area contributed by atoms with Crippen LogP contribution in [0.25, 0.3) is 28.4 Å². The molecule has 4 aromatic rings. The summed E-state index contributed by atoms with van der Waals surface area (Å²) in [6.45, 7) is 1.96. The smallest absolute Gasteiger partial charge is 0.264 e.